The van der Waals surface area contributed by atoms with E-state index in [-0.39, 0.29) is 12.1 Å². The standard InChI is InChI=1S/C13H23N3O2/c17-11(10-16-8-4-7-15-16)9-14-12-5-2-1-3-6-13(12)18/h4,7-8,11-14,17-18H,1-3,5-6,9-10H2. The zero-order valence-electron chi connectivity index (χ0n) is 10.7. The van der Waals surface area contributed by atoms with Crippen LogP contribution in [0.1, 0.15) is 32.1 Å². The van der Waals surface area contributed by atoms with Gasteiger partial charge in [0.2, 0.25) is 0 Å². The SMILES string of the molecule is OC(CNC1CCCCCC1O)Cn1cccn1. The quantitative estimate of drug-likeness (QED) is 0.669. The van der Waals surface area contributed by atoms with E-state index in [1.54, 1.807) is 10.9 Å². The first-order chi connectivity index (χ1) is 8.75. The number of aliphatic hydroxyl groups excluding tert-OH is 2. The second-order valence-electron chi connectivity index (χ2n) is 5.10. The summed E-state index contributed by atoms with van der Waals surface area (Å²) in [7, 11) is 0. The molecule has 2 rings (SSSR count). The van der Waals surface area contributed by atoms with Crippen LogP contribution in [0, 0.1) is 0 Å². The zero-order valence-corrected chi connectivity index (χ0v) is 10.7. The van der Waals surface area contributed by atoms with Gasteiger partial charge in [0.15, 0.2) is 0 Å². The van der Waals surface area contributed by atoms with Crippen LogP contribution in [0.2, 0.25) is 0 Å². The smallest absolute Gasteiger partial charge is 0.0860 e. The Morgan fingerprint density at radius 2 is 2.17 bits per heavy atom. The van der Waals surface area contributed by atoms with Crippen molar-refractivity contribution in [1.82, 2.24) is 15.1 Å². The molecule has 3 N–H and O–H groups in total. The lowest BCUT2D eigenvalue weighted by Crippen LogP contribution is -2.43. The number of nitrogens with one attached hydrogen (secondary N) is 1. The average Bonchev–Trinajstić information content (AvgIpc) is 2.76. The van der Waals surface area contributed by atoms with E-state index in [0.29, 0.717) is 13.1 Å². The van der Waals surface area contributed by atoms with E-state index in [2.05, 4.69) is 10.4 Å². The summed E-state index contributed by atoms with van der Waals surface area (Å²) < 4.78 is 1.72. The Hall–Kier alpha value is -0.910. The lowest BCUT2D eigenvalue weighted by molar-refractivity contribution is 0.0980. The van der Waals surface area contributed by atoms with Gasteiger partial charge in [0.25, 0.3) is 0 Å². The van der Waals surface area contributed by atoms with Gasteiger partial charge in [-0.2, -0.15) is 5.10 Å². The van der Waals surface area contributed by atoms with Crippen molar-refractivity contribution in [3.8, 4) is 0 Å². The topological polar surface area (TPSA) is 70.3 Å². The van der Waals surface area contributed by atoms with Crippen molar-refractivity contribution in [1.29, 1.82) is 0 Å². The Balaban J connectivity index is 1.72. The molecule has 0 bridgehead atoms. The summed E-state index contributed by atoms with van der Waals surface area (Å²) in [5.41, 5.74) is 0. The predicted molar refractivity (Wildman–Crippen MR) is 69.1 cm³/mol. The molecule has 1 aromatic rings. The molecule has 1 aliphatic rings. The molecule has 1 saturated carbocycles. The Labute approximate surface area is 108 Å². The van der Waals surface area contributed by atoms with Crippen molar-refractivity contribution >= 4 is 0 Å². The van der Waals surface area contributed by atoms with E-state index in [1.807, 2.05) is 12.3 Å². The van der Waals surface area contributed by atoms with Crippen molar-refractivity contribution in [3.05, 3.63) is 18.5 Å². The monoisotopic (exact) mass is 253 g/mol. The third-order valence-corrected chi connectivity index (χ3v) is 3.55. The van der Waals surface area contributed by atoms with Crippen LogP contribution in [0.4, 0.5) is 0 Å². The van der Waals surface area contributed by atoms with Gasteiger partial charge in [0.05, 0.1) is 18.8 Å². The molecule has 0 saturated heterocycles. The van der Waals surface area contributed by atoms with Gasteiger partial charge >= 0.3 is 0 Å². The molecule has 3 atom stereocenters. The van der Waals surface area contributed by atoms with Gasteiger partial charge in [-0.3, -0.25) is 4.68 Å². The molecule has 0 amide bonds. The highest BCUT2D eigenvalue weighted by Crippen LogP contribution is 2.17. The molecule has 1 aliphatic carbocycles. The van der Waals surface area contributed by atoms with Crippen molar-refractivity contribution < 1.29 is 10.2 Å². The van der Waals surface area contributed by atoms with Crippen LogP contribution in [-0.4, -0.2) is 44.8 Å². The van der Waals surface area contributed by atoms with E-state index in [1.165, 1.54) is 6.42 Å². The Morgan fingerprint density at radius 3 is 2.94 bits per heavy atom. The number of aromatic nitrogens is 2. The third kappa shape index (κ3) is 4.08. The molecule has 0 spiro atoms. The van der Waals surface area contributed by atoms with Crippen molar-refractivity contribution in [3.63, 3.8) is 0 Å². The van der Waals surface area contributed by atoms with Crippen LogP contribution >= 0.6 is 0 Å². The minimum absolute atomic E-state index is 0.125. The maximum Gasteiger partial charge on any atom is 0.0860 e. The summed E-state index contributed by atoms with van der Waals surface area (Å²) in [6, 6.07) is 1.97. The fourth-order valence-electron chi connectivity index (χ4n) is 2.50. The van der Waals surface area contributed by atoms with E-state index in [4.69, 9.17) is 0 Å². The number of rotatable bonds is 5. The molecular weight excluding hydrogens is 230 g/mol. The first-order valence-corrected chi connectivity index (χ1v) is 6.82. The fourth-order valence-corrected chi connectivity index (χ4v) is 2.50. The summed E-state index contributed by atoms with van der Waals surface area (Å²) in [5, 5.41) is 27.2. The molecule has 0 aliphatic heterocycles. The Morgan fingerprint density at radius 1 is 1.33 bits per heavy atom. The summed E-state index contributed by atoms with van der Waals surface area (Å²) in [5.74, 6) is 0. The molecule has 18 heavy (non-hydrogen) atoms. The Kier molecular flexibility index (Phi) is 5.16. The minimum atomic E-state index is -0.472. The van der Waals surface area contributed by atoms with E-state index in [9.17, 15) is 10.2 Å². The molecule has 1 fully saturated rings. The van der Waals surface area contributed by atoms with Gasteiger partial charge in [-0.25, -0.2) is 0 Å². The number of hydrogen-bond acceptors (Lipinski definition) is 4. The maximum absolute atomic E-state index is 9.96. The van der Waals surface area contributed by atoms with Gasteiger partial charge in [-0.15, -0.1) is 0 Å². The molecule has 1 aromatic heterocycles. The lowest BCUT2D eigenvalue weighted by Gasteiger charge is -2.23. The van der Waals surface area contributed by atoms with Gasteiger partial charge < -0.3 is 15.5 Å². The van der Waals surface area contributed by atoms with Gasteiger partial charge in [-0.1, -0.05) is 19.3 Å². The molecule has 5 heteroatoms. The summed E-state index contributed by atoms with van der Waals surface area (Å²) in [6.45, 7) is 0.990. The van der Waals surface area contributed by atoms with Crippen LogP contribution in [0.25, 0.3) is 0 Å². The average molecular weight is 253 g/mol. The Bertz CT molecular complexity index is 329. The molecule has 102 valence electrons. The van der Waals surface area contributed by atoms with Crippen LogP contribution in [0.15, 0.2) is 18.5 Å². The highest BCUT2D eigenvalue weighted by atomic mass is 16.3. The van der Waals surface area contributed by atoms with Crippen LogP contribution < -0.4 is 5.32 Å². The first kappa shape index (κ1) is 13.5. The highest BCUT2D eigenvalue weighted by Gasteiger charge is 2.21. The largest absolute Gasteiger partial charge is 0.392 e. The highest BCUT2D eigenvalue weighted by molar-refractivity contribution is 4.81. The number of aliphatic hydroxyl groups is 2. The number of nitrogens with zero attached hydrogens (tertiary/aromatic N) is 2. The maximum atomic E-state index is 9.96. The second kappa shape index (κ2) is 6.87. The number of hydrogen-bond donors (Lipinski definition) is 3. The van der Waals surface area contributed by atoms with Crippen LogP contribution in [0.5, 0.6) is 0 Å². The predicted octanol–water partition coefficient (Wildman–Crippen LogP) is 0.527. The van der Waals surface area contributed by atoms with E-state index in [0.717, 1.165) is 25.7 Å². The molecular formula is C13H23N3O2. The lowest BCUT2D eigenvalue weighted by atomic mass is 10.1. The summed E-state index contributed by atoms with van der Waals surface area (Å²) in [6.07, 6.45) is 8.12. The molecule has 3 unspecified atom stereocenters. The second-order valence-corrected chi connectivity index (χ2v) is 5.10. The van der Waals surface area contributed by atoms with Crippen molar-refractivity contribution in [2.24, 2.45) is 0 Å². The minimum Gasteiger partial charge on any atom is -0.392 e. The van der Waals surface area contributed by atoms with Crippen LogP contribution in [0.3, 0.4) is 0 Å². The van der Waals surface area contributed by atoms with Crippen molar-refractivity contribution in [2.45, 2.75) is 56.9 Å². The molecule has 1 heterocycles. The van der Waals surface area contributed by atoms with E-state index < -0.39 is 6.10 Å². The summed E-state index contributed by atoms with van der Waals surface area (Å²) in [4.78, 5) is 0. The van der Waals surface area contributed by atoms with E-state index >= 15 is 0 Å². The molecule has 0 aromatic carbocycles. The van der Waals surface area contributed by atoms with Gasteiger partial charge in [0.1, 0.15) is 0 Å². The normalized spacial score (nSPS) is 26.8. The fraction of sp³-hybridized carbons (Fsp3) is 0.769. The molecule has 5 nitrogen and oxygen atoms in total. The first-order valence-electron chi connectivity index (χ1n) is 6.82. The zero-order chi connectivity index (χ0) is 12.8. The van der Waals surface area contributed by atoms with Gasteiger partial charge in [-0.05, 0) is 18.9 Å². The van der Waals surface area contributed by atoms with Gasteiger partial charge in [0, 0.05) is 25.0 Å². The molecule has 0 radical (unpaired) electrons. The van der Waals surface area contributed by atoms with Crippen LogP contribution in [-0.2, 0) is 6.54 Å². The summed E-state index contributed by atoms with van der Waals surface area (Å²) >= 11 is 0. The third-order valence-electron chi connectivity index (χ3n) is 3.55. The van der Waals surface area contributed by atoms with Crippen molar-refractivity contribution in [2.75, 3.05) is 6.54 Å².